The zero-order chi connectivity index (χ0) is 11.7. The van der Waals surface area contributed by atoms with Crippen LogP contribution in [0.1, 0.15) is 35.2 Å². The zero-order valence-electron chi connectivity index (χ0n) is 9.91. The Hall–Kier alpha value is -1.58. The van der Waals surface area contributed by atoms with Gasteiger partial charge in [-0.15, -0.1) is 0 Å². The summed E-state index contributed by atoms with van der Waals surface area (Å²) in [5, 5.41) is 3.21. The highest BCUT2D eigenvalue weighted by molar-refractivity contribution is 5.94. The third-order valence-corrected chi connectivity index (χ3v) is 3.54. The number of hydrogen-bond donors (Lipinski definition) is 1. The topological polar surface area (TPSA) is 45.2 Å². The first-order valence-corrected chi connectivity index (χ1v) is 6.37. The number of likely N-dealkylation sites (tertiary alicyclic amines) is 1. The predicted octanol–water partition coefficient (Wildman–Crippen LogP) is 1.68. The van der Waals surface area contributed by atoms with E-state index in [0.717, 1.165) is 50.3 Å². The third kappa shape index (κ3) is 1.99. The summed E-state index contributed by atoms with van der Waals surface area (Å²) in [5.74, 6) is 1.09. The number of carbonyl (C=O) groups excluding carboxylic acids is 1. The van der Waals surface area contributed by atoms with Gasteiger partial charge in [0, 0.05) is 25.8 Å². The second-order valence-electron chi connectivity index (χ2n) is 4.76. The molecule has 0 radical (unpaired) electrons. The van der Waals surface area contributed by atoms with E-state index in [1.54, 1.807) is 6.20 Å². The standard InChI is InChI=1S/C13H17N3O/c17-13(16-6-2-1-3-7-16)11-8-10-4-5-14-12(10)15-9-11/h8-9H,1-7H2,(H,14,15). The lowest BCUT2D eigenvalue weighted by molar-refractivity contribution is 0.0724. The van der Waals surface area contributed by atoms with Gasteiger partial charge >= 0.3 is 0 Å². The summed E-state index contributed by atoms with van der Waals surface area (Å²) in [5.41, 5.74) is 1.92. The Balaban J connectivity index is 1.81. The minimum atomic E-state index is 0.145. The number of nitrogens with zero attached hydrogens (tertiary/aromatic N) is 2. The molecule has 2 aliphatic rings. The lowest BCUT2D eigenvalue weighted by Crippen LogP contribution is -2.35. The monoisotopic (exact) mass is 231 g/mol. The molecule has 1 N–H and O–H groups in total. The minimum Gasteiger partial charge on any atom is -0.370 e. The van der Waals surface area contributed by atoms with E-state index < -0.39 is 0 Å². The summed E-state index contributed by atoms with van der Waals surface area (Å²) in [6.45, 7) is 2.73. The van der Waals surface area contributed by atoms with Crippen molar-refractivity contribution in [3.8, 4) is 0 Å². The molecule has 4 heteroatoms. The molecule has 0 atom stereocenters. The van der Waals surface area contributed by atoms with Crippen LogP contribution in [-0.4, -0.2) is 35.4 Å². The van der Waals surface area contributed by atoms with E-state index in [-0.39, 0.29) is 5.91 Å². The van der Waals surface area contributed by atoms with Gasteiger partial charge in [0.15, 0.2) is 0 Å². The fraction of sp³-hybridized carbons (Fsp3) is 0.538. The summed E-state index contributed by atoms with van der Waals surface area (Å²) < 4.78 is 0. The van der Waals surface area contributed by atoms with E-state index in [9.17, 15) is 4.79 Å². The van der Waals surface area contributed by atoms with E-state index in [1.807, 2.05) is 11.0 Å². The number of pyridine rings is 1. The van der Waals surface area contributed by atoms with Gasteiger partial charge in [-0.2, -0.15) is 0 Å². The Morgan fingerprint density at radius 3 is 2.94 bits per heavy atom. The molecule has 3 rings (SSSR count). The molecule has 1 aromatic rings. The van der Waals surface area contributed by atoms with Gasteiger partial charge in [0.1, 0.15) is 5.82 Å². The SMILES string of the molecule is O=C(c1cnc2c(c1)CCN2)N1CCCCC1. The zero-order valence-corrected chi connectivity index (χ0v) is 9.91. The number of nitrogens with one attached hydrogen (secondary N) is 1. The molecule has 1 amide bonds. The van der Waals surface area contributed by atoms with Crippen molar-refractivity contribution in [2.24, 2.45) is 0 Å². The second-order valence-corrected chi connectivity index (χ2v) is 4.76. The van der Waals surface area contributed by atoms with Crippen molar-refractivity contribution in [2.75, 3.05) is 25.0 Å². The lowest BCUT2D eigenvalue weighted by atomic mass is 10.1. The molecule has 0 unspecified atom stereocenters. The number of anilines is 1. The van der Waals surface area contributed by atoms with Crippen molar-refractivity contribution in [3.05, 3.63) is 23.4 Å². The van der Waals surface area contributed by atoms with Gasteiger partial charge in [0.25, 0.3) is 5.91 Å². The maximum absolute atomic E-state index is 12.3. The molecule has 17 heavy (non-hydrogen) atoms. The van der Waals surface area contributed by atoms with E-state index in [0.29, 0.717) is 0 Å². The summed E-state index contributed by atoms with van der Waals surface area (Å²) in [7, 11) is 0. The van der Waals surface area contributed by atoms with Crippen LogP contribution in [0, 0.1) is 0 Å². The summed E-state index contributed by atoms with van der Waals surface area (Å²) >= 11 is 0. The summed E-state index contributed by atoms with van der Waals surface area (Å²) in [6, 6.07) is 2.00. The molecular formula is C13H17N3O. The largest absolute Gasteiger partial charge is 0.370 e. The van der Waals surface area contributed by atoms with Crippen LogP contribution in [-0.2, 0) is 6.42 Å². The van der Waals surface area contributed by atoms with Crippen LogP contribution in [0.4, 0.5) is 5.82 Å². The number of aromatic nitrogens is 1. The highest BCUT2D eigenvalue weighted by Gasteiger charge is 2.20. The molecule has 1 aromatic heterocycles. The summed E-state index contributed by atoms with van der Waals surface area (Å²) in [6.07, 6.45) is 6.19. The lowest BCUT2D eigenvalue weighted by Gasteiger charge is -2.26. The van der Waals surface area contributed by atoms with Gasteiger partial charge in [-0.3, -0.25) is 4.79 Å². The Bertz CT molecular complexity index is 438. The van der Waals surface area contributed by atoms with E-state index >= 15 is 0 Å². The maximum atomic E-state index is 12.3. The van der Waals surface area contributed by atoms with Crippen LogP contribution in [0.15, 0.2) is 12.3 Å². The summed E-state index contributed by atoms with van der Waals surface area (Å²) in [4.78, 5) is 18.5. The first-order valence-electron chi connectivity index (χ1n) is 6.37. The quantitative estimate of drug-likeness (QED) is 0.799. The van der Waals surface area contributed by atoms with Crippen molar-refractivity contribution in [1.82, 2.24) is 9.88 Å². The molecule has 0 bridgehead atoms. The Kier molecular flexibility index (Phi) is 2.71. The number of piperidine rings is 1. The first-order chi connectivity index (χ1) is 8.34. The van der Waals surface area contributed by atoms with E-state index in [4.69, 9.17) is 0 Å². The van der Waals surface area contributed by atoms with Crippen LogP contribution in [0.3, 0.4) is 0 Å². The number of rotatable bonds is 1. The molecule has 1 saturated heterocycles. The highest BCUT2D eigenvalue weighted by atomic mass is 16.2. The molecule has 2 aliphatic heterocycles. The van der Waals surface area contributed by atoms with Crippen LogP contribution in [0.25, 0.3) is 0 Å². The molecular weight excluding hydrogens is 214 g/mol. The minimum absolute atomic E-state index is 0.145. The number of hydrogen-bond acceptors (Lipinski definition) is 3. The number of carbonyl (C=O) groups is 1. The molecule has 0 aliphatic carbocycles. The number of amides is 1. The molecule has 3 heterocycles. The molecule has 1 fully saturated rings. The van der Waals surface area contributed by atoms with Gasteiger partial charge in [0.05, 0.1) is 5.56 Å². The normalized spacial score (nSPS) is 18.7. The highest BCUT2D eigenvalue weighted by Crippen LogP contribution is 2.21. The van der Waals surface area contributed by atoms with Gasteiger partial charge in [-0.25, -0.2) is 4.98 Å². The fourth-order valence-corrected chi connectivity index (χ4v) is 2.57. The van der Waals surface area contributed by atoms with E-state index in [1.165, 1.54) is 12.0 Å². The maximum Gasteiger partial charge on any atom is 0.255 e. The third-order valence-electron chi connectivity index (χ3n) is 3.54. The van der Waals surface area contributed by atoms with Crippen LogP contribution >= 0.6 is 0 Å². The molecule has 0 saturated carbocycles. The van der Waals surface area contributed by atoms with Crippen LogP contribution < -0.4 is 5.32 Å². The van der Waals surface area contributed by atoms with Crippen molar-refractivity contribution in [1.29, 1.82) is 0 Å². The van der Waals surface area contributed by atoms with Crippen molar-refractivity contribution in [2.45, 2.75) is 25.7 Å². The molecule has 0 aromatic carbocycles. The molecule has 4 nitrogen and oxygen atoms in total. The van der Waals surface area contributed by atoms with Gasteiger partial charge in [-0.05, 0) is 37.3 Å². The van der Waals surface area contributed by atoms with Crippen molar-refractivity contribution >= 4 is 11.7 Å². The first kappa shape index (κ1) is 10.6. The molecule has 90 valence electrons. The average molecular weight is 231 g/mol. The van der Waals surface area contributed by atoms with Crippen LogP contribution in [0.2, 0.25) is 0 Å². The second kappa shape index (κ2) is 4.35. The van der Waals surface area contributed by atoms with Gasteiger partial charge in [-0.1, -0.05) is 0 Å². The Labute approximate surface area is 101 Å². The van der Waals surface area contributed by atoms with Crippen molar-refractivity contribution < 1.29 is 4.79 Å². The average Bonchev–Trinajstić information content (AvgIpc) is 2.86. The Morgan fingerprint density at radius 1 is 1.29 bits per heavy atom. The Morgan fingerprint density at radius 2 is 2.12 bits per heavy atom. The van der Waals surface area contributed by atoms with Gasteiger partial charge in [0.2, 0.25) is 0 Å². The number of fused-ring (bicyclic) bond motifs is 1. The molecule has 0 spiro atoms. The van der Waals surface area contributed by atoms with E-state index in [2.05, 4.69) is 10.3 Å². The predicted molar refractivity (Wildman–Crippen MR) is 66.2 cm³/mol. The van der Waals surface area contributed by atoms with Gasteiger partial charge < -0.3 is 10.2 Å². The smallest absolute Gasteiger partial charge is 0.255 e. The van der Waals surface area contributed by atoms with Crippen LogP contribution in [0.5, 0.6) is 0 Å². The fourth-order valence-electron chi connectivity index (χ4n) is 2.57. The van der Waals surface area contributed by atoms with Crippen molar-refractivity contribution in [3.63, 3.8) is 0 Å².